The second-order valence-electron chi connectivity index (χ2n) is 2.44. The number of carbonyl (C=O) groups is 1. The maximum absolute atomic E-state index is 11.0. The van der Waals surface area contributed by atoms with Crippen molar-refractivity contribution in [1.82, 2.24) is 5.32 Å². The van der Waals surface area contributed by atoms with E-state index in [1.54, 1.807) is 18.4 Å². The van der Waals surface area contributed by atoms with Crippen molar-refractivity contribution in [3.05, 3.63) is 34.5 Å². The van der Waals surface area contributed by atoms with Crippen molar-refractivity contribution in [2.24, 2.45) is 0 Å². The number of rotatable bonds is 3. The fourth-order valence-electron chi connectivity index (χ4n) is 0.881. The van der Waals surface area contributed by atoms with Crippen LogP contribution in [-0.4, -0.2) is 13.0 Å². The number of hydrogen-bond donors (Lipinski definition) is 1. The van der Waals surface area contributed by atoms with E-state index in [2.05, 4.69) is 11.9 Å². The Morgan fingerprint density at radius 2 is 2.50 bits per heavy atom. The van der Waals surface area contributed by atoms with Gasteiger partial charge in [-0.1, -0.05) is 12.6 Å². The van der Waals surface area contributed by atoms with Crippen LogP contribution in [0.4, 0.5) is 0 Å². The van der Waals surface area contributed by atoms with Crippen molar-refractivity contribution in [3.8, 4) is 0 Å². The smallest absolute Gasteiger partial charge is 0.246 e. The average molecular weight is 181 g/mol. The van der Waals surface area contributed by atoms with E-state index in [4.69, 9.17) is 0 Å². The van der Waals surface area contributed by atoms with E-state index >= 15 is 0 Å². The van der Waals surface area contributed by atoms with Gasteiger partial charge in [0.2, 0.25) is 5.91 Å². The number of nitrogens with one attached hydrogen (secondary N) is 1. The summed E-state index contributed by atoms with van der Waals surface area (Å²) in [5.74, 6) is -0.0802. The Hall–Kier alpha value is -1.09. The summed E-state index contributed by atoms with van der Waals surface area (Å²) >= 11 is 1.64. The first-order valence-corrected chi connectivity index (χ1v) is 4.54. The Kier molecular flexibility index (Phi) is 3.05. The van der Waals surface area contributed by atoms with Gasteiger partial charge in [-0.2, -0.15) is 0 Å². The molecule has 0 aromatic carbocycles. The molecule has 0 saturated carbocycles. The minimum atomic E-state index is -0.0802. The second kappa shape index (κ2) is 4.07. The fraction of sp³-hybridized carbons (Fsp3) is 0.222. The summed E-state index contributed by atoms with van der Waals surface area (Å²) in [6.07, 6.45) is 0.650. The number of carbonyl (C=O) groups excluding carboxylic acids is 1. The standard InChI is InChI=1S/C9H11NOS/c1-7(9(11)10-2)6-8-4-3-5-12-8/h3-5H,1,6H2,2H3,(H,10,11). The molecule has 2 nitrogen and oxygen atoms in total. The molecule has 0 radical (unpaired) electrons. The molecule has 0 bridgehead atoms. The minimum Gasteiger partial charge on any atom is -0.355 e. The highest BCUT2D eigenvalue weighted by Crippen LogP contribution is 2.12. The van der Waals surface area contributed by atoms with Crippen LogP contribution in [0.5, 0.6) is 0 Å². The van der Waals surface area contributed by atoms with Gasteiger partial charge in [-0.15, -0.1) is 11.3 Å². The zero-order valence-corrected chi connectivity index (χ0v) is 7.78. The van der Waals surface area contributed by atoms with Crippen molar-refractivity contribution in [2.45, 2.75) is 6.42 Å². The number of amides is 1. The van der Waals surface area contributed by atoms with Crippen LogP contribution in [0, 0.1) is 0 Å². The van der Waals surface area contributed by atoms with E-state index in [1.165, 1.54) is 4.88 Å². The van der Waals surface area contributed by atoms with Gasteiger partial charge in [0.05, 0.1) is 0 Å². The molecule has 0 spiro atoms. The monoisotopic (exact) mass is 181 g/mol. The predicted molar refractivity (Wildman–Crippen MR) is 51.2 cm³/mol. The number of thiophene rings is 1. The van der Waals surface area contributed by atoms with E-state index in [0.717, 1.165) is 0 Å². The number of likely N-dealkylation sites (N-methyl/N-ethyl adjacent to an activating group) is 1. The molecule has 12 heavy (non-hydrogen) atoms. The van der Waals surface area contributed by atoms with Gasteiger partial charge in [0, 0.05) is 23.9 Å². The van der Waals surface area contributed by atoms with Crippen LogP contribution in [0.1, 0.15) is 4.88 Å². The highest BCUT2D eigenvalue weighted by molar-refractivity contribution is 7.09. The van der Waals surface area contributed by atoms with Crippen LogP contribution in [-0.2, 0) is 11.2 Å². The predicted octanol–water partition coefficient (Wildman–Crippen LogP) is 1.59. The van der Waals surface area contributed by atoms with Crippen molar-refractivity contribution in [3.63, 3.8) is 0 Å². The third kappa shape index (κ3) is 2.20. The van der Waals surface area contributed by atoms with Gasteiger partial charge in [0.25, 0.3) is 0 Å². The maximum Gasteiger partial charge on any atom is 0.246 e. The van der Waals surface area contributed by atoms with E-state index in [-0.39, 0.29) is 5.91 Å². The first kappa shape index (κ1) is 9.00. The van der Waals surface area contributed by atoms with Crippen molar-refractivity contribution < 1.29 is 4.79 Å². The van der Waals surface area contributed by atoms with Crippen molar-refractivity contribution in [2.75, 3.05) is 7.05 Å². The molecule has 0 atom stereocenters. The van der Waals surface area contributed by atoms with Gasteiger partial charge < -0.3 is 5.32 Å². The lowest BCUT2D eigenvalue weighted by Gasteiger charge is -2.00. The summed E-state index contributed by atoms with van der Waals surface area (Å²) in [7, 11) is 1.61. The van der Waals surface area contributed by atoms with Gasteiger partial charge in [-0.05, 0) is 11.4 Å². The molecule has 1 aromatic heterocycles. The highest BCUT2D eigenvalue weighted by atomic mass is 32.1. The minimum absolute atomic E-state index is 0.0802. The first-order chi connectivity index (χ1) is 5.74. The zero-order valence-electron chi connectivity index (χ0n) is 6.96. The van der Waals surface area contributed by atoms with Gasteiger partial charge in [0.1, 0.15) is 0 Å². The third-order valence-corrected chi connectivity index (χ3v) is 2.39. The molecule has 3 heteroatoms. The van der Waals surface area contributed by atoms with Crippen LogP contribution >= 0.6 is 11.3 Å². The van der Waals surface area contributed by atoms with Crippen LogP contribution in [0.15, 0.2) is 29.7 Å². The summed E-state index contributed by atoms with van der Waals surface area (Å²) in [5.41, 5.74) is 0.611. The molecule has 1 aromatic rings. The maximum atomic E-state index is 11.0. The molecule has 1 amide bonds. The van der Waals surface area contributed by atoms with Crippen LogP contribution in [0.2, 0.25) is 0 Å². The summed E-state index contributed by atoms with van der Waals surface area (Å²) < 4.78 is 0. The van der Waals surface area contributed by atoms with Crippen LogP contribution in [0.3, 0.4) is 0 Å². The molecule has 0 saturated heterocycles. The molecule has 0 aliphatic heterocycles. The third-order valence-electron chi connectivity index (χ3n) is 1.52. The van der Waals surface area contributed by atoms with Crippen LogP contribution in [0.25, 0.3) is 0 Å². The Balaban J connectivity index is 2.53. The molecule has 0 fully saturated rings. The van der Waals surface area contributed by atoms with Gasteiger partial charge >= 0.3 is 0 Å². The summed E-state index contributed by atoms with van der Waals surface area (Å²) in [6.45, 7) is 3.69. The van der Waals surface area contributed by atoms with Crippen LogP contribution < -0.4 is 5.32 Å². The summed E-state index contributed by atoms with van der Waals surface area (Å²) in [6, 6.07) is 3.97. The molecule has 64 valence electrons. The van der Waals surface area contributed by atoms with Crippen molar-refractivity contribution in [1.29, 1.82) is 0 Å². The molecule has 1 N–H and O–H groups in total. The average Bonchev–Trinajstić information content (AvgIpc) is 2.55. The lowest BCUT2D eigenvalue weighted by molar-refractivity contribution is -0.117. The molecular weight excluding hydrogens is 170 g/mol. The quantitative estimate of drug-likeness (QED) is 0.705. The van der Waals surface area contributed by atoms with Gasteiger partial charge in [0.15, 0.2) is 0 Å². The highest BCUT2D eigenvalue weighted by Gasteiger charge is 2.05. The fourth-order valence-corrected chi connectivity index (χ4v) is 1.63. The first-order valence-electron chi connectivity index (χ1n) is 3.66. The molecule has 1 rings (SSSR count). The Bertz CT molecular complexity index is 277. The molecule has 0 unspecified atom stereocenters. The molecule has 1 heterocycles. The second-order valence-corrected chi connectivity index (χ2v) is 3.47. The number of hydrogen-bond acceptors (Lipinski definition) is 2. The normalized spacial score (nSPS) is 9.42. The Labute approximate surface area is 75.9 Å². The Morgan fingerprint density at radius 1 is 1.75 bits per heavy atom. The molecule has 0 aliphatic carbocycles. The SMILES string of the molecule is C=C(Cc1cccs1)C(=O)NC. The Morgan fingerprint density at radius 3 is 3.00 bits per heavy atom. The summed E-state index contributed by atoms with van der Waals surface area (Å²) in [4.78, 5) is 12.2. The van der Waals surface area contributed by atoms with Crippen molar-refractivity contribution >= 4 is 17.2 Å². The largest absolute Gasteiger partial charge is 0.355 e. The molecule has 0 aliphatic rings. The van der Waals surface area contributed by atoms with E-state index in [1.807, 2.05) is 17.5 Å². The lowest BCUT2D eigenvalue weighted by Crippen LogP contribution is -2.20. The molecular formula is C9H11NOS. The van der Waals surface area contributed by atoms with E-state index < -0.39 is 0 Å². The van der Waals surface area contributed by atoms with Gasteiger partial charge in [-0.25, -0.2) is 0 Å². The lowest BCUT2D eigenvalue weighted by atomic mass is 10.2. The zero-order chi connectivity index (χ0) is 8.97. The van der Waals surface area contributed by atoms with E-state index in [0.29, 0.717) is 12.0 Å². The summed E-state index contributed by atoms with van der Waals surface area (Å²) in [5, 5.41) is 4.54. The van der Waals surface area contributed by atoms with E-state index in [9.17, 15) is 4.79 Å². The van der Waals surface area contributed by atoms with Gasteiger partial charge in [-0.3, -0.25) is 4.79 Å². The topological polar surface area (TPSA) is 29.1 Å².